The Morgan fingerprint density at radius 2 is 1.24 bits per heavy atom. The van der Waals surface area contributed by atoms with Crippen molar-refractivity contribution in [3.8, 4) is 5.75 Å². The smallest absolute Gasteiger partial charge is 0.221 e. The van der Waals surface area contributed by atoms with Gasteiger partial charge in [-0.05, 0) is 50.7 Å². The molecule has 10 nitrogen and oxygen atoms in total. The number of ketones is 1. The standard InChI is InChI=1S/C35H44N4O6/c1-20(40)19-25-12-13-27-33(30(25)37-22(3)42)45-35(18-10-7-11-29(35)34(27)16-8-6-9-17-34)26-14-15-28(36-21(2)41)32(39-24(5)44)31(26)38-23(4)43/h12-15,29H,6-11,16-19H2,1-5H3,(H,36,41)(H,37,42)(H,38,43)(H,39,44). The van der Waals surface area contributed by atoms with E-state index in [9.17, 15) is 24.0 Å². The number of anilines is 4. The van der Waals surface area contributed by atoms with E-state index in [0.29, 0.717) is 46.0 Å². The lowest BCUT2D eigenvalue weighted by molar-refractivity contribution is -0.117. The normalized spacial score (nSPS) is 21.4. The fraction of sp³-hybridized carbons (Fsp3) is 0.514. The Balaban J connectivity index is 1.85. The van der Waals surface area contributed by atoms with E-state index in [1.165, 1.54) is 34.6 Å². The van der Waals surface area contributed by atoms with Crippen LogP contribution < -0.4 is 26.0 Å². The number of carbonyl (C=O) groups excluding carboxylic acids is 5. The van der Waals surface area contributed by atoms with E-state index >= 15 is 0 Å². The monoisotopic (exact) mass is 616 g/mol. The van der Waals surface area contributed by atoms with Gasteiger partial charge in [-0.25, -0.2) is 0 Å². The Kier molecular flexibility index (Phi) is 9.05. The molecule has 2 aromatic rings. The quantitative estimate of drug-likeness (QED) is 0.286. The van der Waals surface area contributed by atoms with Gasteiger partial charge in [-0.1, -0.05) is 43.9 Å². The highest BCUT2D eigenvalue weighted by molar-refractivity contribution is 6.06. The van der Waals surface area contributed by atoms with E-state index in [4.69, 9.17) is 4.74 Å². The third-order valence-corrected chi connectivity index (χ3v) is 9.65. The molecule has 4 amide bonds. The summed E-state index contributed by atoms with van der Waals surface area (Å²) < 4.78 is 7.32. The van der Waals surface area contributed by atoms with Gasteiger partial charge in [0.25, 0.3) is 0 Å². The molecule has 3 aliphatic rings. The second-order valence-electron chi connectivity index (χ2n) is 13.0. The molecular weight excluding hydrogens is 572 g/mol. The second kappa shape index (κ2) is 12.7. The number of nitrogens with one attached hydrogen (secondary N) is 4. The van der Waals surface area contributed by atoms with Crippen LogP contribution in [0.15, 0.2) is 24.3 Å². The Bertz CT molecular complexity index is 1560. The van der Waals surface area contributed by atoms with Crippen molar-refractivity contribution in [2.75, 3.05) is 21.3 Å². The molecule has 4 N–H and O–H groups in total. The molecule has 2 fully saturated rings. The lowest BCUT2D eigenvalue weighted by Gasteiger charge is -2.59. The van der Waals surface area contributed by atoms with E-state index < -0.39 is 5.60 Å². The van der Waals surface area contributed by atoms with Crippen molar-refractivity contribution >= 4 is 52.2 Å². The lowest BCUT2D eigenvalue weighted by Crippen LogP contribution is -2.57. The molecule has 10 heteroatoms. The zero-order valence-electron chi connectivity index (χ0n) is 26.9. The number of hydrogen-bond donors (Lipinski definition) is 4. The van der Waals surface area contributed by atoms with Crippen LogP contribution in [0.3, 0.4) is 0 Å². The summed E-state index contributed by atoms with van der Waals surface area (Å²) in [5, 5.41) is 11.7. The summed E-state index contributed by atoms with van der Waals surface area (Å²) >= 11 is 0. The third-order valence-electron chi connectivity index (χ3n) is 9.65. The Morgan fingerprint density at radius 1 is 0.667 bits per heavy atom. The van der Waals surface area contributed by atoms with Gasteiger partial charge in [0.05, 0.1) is 22.7 Å². The maximum atomic E-state index is 12.8. The molecule has 0 radical (unpaired) electrons. The molecule has 0 bridgehead atoms. The van der Waals surface area contributed by atoms with Gasteiger partial charge in [0, 0.05) is 56.6 Å². The summed E-state index contributed by atoms with van der Waals surface area (Å²) in [6, 6.07) is 7.70. The first-order chi connectivity index (χ1) is 21.4. The Labute approximate surface area is 264 Å². The SMILES string of the molecule is CC(=O)Cc1ccc2c(c1NC(C)=O)OC1(c3ccc(NC(C)=O)c(NC(C)=O)c3NC(C)=O)CCCCC1C21CCCCC1. The van der Waals surface area contributed by atoms with Crippen LogP contribution in [0.4, 0.5) is 22.7 Å². The van der Waals surface area contributed by atoms with E-state index in [0.717, 1.165) is 56.9 Å². The summed E-state index contributed by atoms with van der Waals surface area (Å²) in [6.45, 7) is 7.15. The summed E-state index contributed by atoms with van der Waals surface area (Å²) in [6.07, 6.45) is 8.69. The number of benzene rings is 2. The maximum Gasteiger partial charge on any atom is 0.221 e. The van der Waals surface area contributed by atoms with Crippen LogP contribution in [-0.4, -0.2) is 29.4 Å². The van der Waals surface area contributed by atoms with Crippen LogP contribution in [0, 0.1) is 5.92 Å². The molecule has 0 aromatic heterocycles. The van der Waals surface area contributed by atoms with Crippen LogP contribution in [0.2, 0.25) is 0 Å². The molecule has 2 saturated carbocycles. The minimum Gasteiger partial charge on any atom is -0.480 e. The Hall–Kier alpha value is -4.21. The fourth-order valence-corrected chi connectivity index (χ4v) is 8.25. The number of ether oxygens (including phenoxy) is 1. The zero-order chi connectivity index (χ0) is 32.5. The van der Waals surface area contributed by atoms with E-state index in [-0.39, 0.29) is 47.2 Å². The van der Waals surface area contributed by atoms with Gasteiger partial charge in [0.15, 0.2) is 0 Å². The number of amides is 4. The van der Waals surface area contributed by atoms with Crippen molar-refractivity contribution in [3.05, 3.63) is 41.0 Å². The first-order valence-corrected chi connectivity index (χ1v) is 16.0. The van der Waals surface area contributed by atoms with Crippen LogP contribution in [-0.2, 0) is 41.4 Å². The van der Waals surface area contributed by atoms with Crippen LogP contribution in [0.1, 0.15) is 109 Å². The lowest BCUT2D eigenvalue weighted by atomic mass is 9.51. The molecule has 0 saturated heterocycles. The molecule has 2 aliphatic carbocycles. The third kappa shape index (κ3) is 6.07. The Morgan fingerprint density at radius 3 is 1.87 bits per heavy atom. The average Bonchev–Trinajstić information content (AvgIpc) is 2.95. The fourth-order valence-electron chi connectivity index (χ4n) is 8.25. The topological polar surface area (TPSA) is 143 Å². The molecule has 2 atom stereocenters. The van der Waals surface area contributed by atoms with Crippen LogP contribution >= 0.6 is 0 Å². The average molecular weight is 617 g/mol. The van der Waals surface area contributed by atoms with Gasteiger partial charge >= 0.3 is 0 Å². The second-order valence-corrected chi connectivity index (χ2v) is 13.0. The van der Waals surface area contributed by atoms with Crippen molar-refractivity contribution in [1.29, 1.82) is 0 Å². The van der Waals surface area contributed by atoms with E-state index in [1.807, 2.05) is 12.1 Å². The highest BCUT2D eigenvalue weighted by Crippen LogP contribution is 2.65. The summed E-state index contributed by atoms with van der Waals surface area (Å²) in [5.74, 6) is -0.707. The molecule has 5 rings (SSSR count). The van der Waals surface area contributed by atoms with Gasteiger partial charge < -0.3 is 26.0 Å². The van der Waals surface area contributed by atoms with Gasteiger partial charge in [-0.15, -0.1) is 0 Å². The first kappa shape index (κ1) is 32.2. The van der Waals surface area contributed by atoms with Gasteiger partial charge in [0.1, 0.15) is 17.1 Å². The minimum atomic E-state index is -0.940. The highest BCUT2D eigenvalue weighted by atomic mass is 16.5. The highest BCUT2D eigenvalue weighted by Gasteiger charge is 2.60. The predicted octanol–water partition coefficient (Wildman–Crippen LogP) is 6.33. The van der Waals surface area contributed by atoms with Crippen LogP contribution in [0.25, 0.3) is 0 Å². The minimum absolute atomic E-state index is 0.0275. The molecule has 240 valence electrons. The maximum absolute atomic E-state index is 12.8. The van der Waals surface area contributed by atoms with Crippen LogP contribution in [0.5, 0.6) is 5.75 Å². The molecular formula is C35H44N4O6. The number of hydrogen-bond acceptors (Lipinski definition) is 6. The van der Waals surface area contributed by atoms with E-state index in [2.05, 4.69) is 27.3 Å². The largest absolute Gasteiger partial charge is 0.480 e. The molecule has 1 spiro atoms. The zero-order valence-corrected chi connectivity index (χ0v) is 26.9. The predicted molar refractivity (Wildman–Crippen MR) is 174 cm³/mol. The summed E-state index contributed by atoms with van der Waals surface area (Å²) in [4.78, 5) is 62.4. The van der Waals surface area contributed by atoms with Crippen molar-refractivity contribution in [2.24, 2.45) is 5.92 Å². The number of fused-ring (bicyclic) bond motifs is 4. The molecule has 1 aliphatic heterocycles. The summed E-state index contributed by atoms with van der Waals surface area (Å²) in [5.41, 5.74) is 2.79. The van der Waals surface area contributed by atoms with Gasteiger partial charge in [-0.2, -0.15) is 0 Å². The van der Waals surface area contributed by atoms with Crippen molar-refractivity contribution in [1.82, 2.24) is 0 Å². The first-order valence-electron chi connectivity index (χ1n) is 16.0. The molecule has 2 aromatic carbocycles. The number of carbonyl (C=O) groups is 5. The van der Waals surface area contributed by atoms with E-state index in [1.54, 1.807) is 6.07 Å². The molecule has 2 unspecified atom stereocenters. The van der Waals surface area contributed by atoms with Crippen molar-refractivity contribution in [3.63, 3.8) is 0 Å². The van der Waals surface area contributed by atoms with Gasteiger partial charge in [0.2, 0.25) is 23.6 Å². The summed E-state index contributed by atoms with van der Waals surface area (Å²) in [7, 11) is 0. The van der Waals surface area contributed by atoms with Crippen molar-refractivity contribution < 1.29 is 28.7 Å². The molecule has 1 heterocycles. The number of rotatable bonds is 7. The van der Waals surface area contributed by atoms with Crippen molar-refractivity contribution in [2.45, 2.75) is 110 Å². The number of Topliss-reactive ketones (excluding diaryl/α,β-unsaturated/α-hetero) is 1. The van der Waals surface area contributed by atoms with Gasteiger partial charge in [-0.3, -0.25) is 24.0 Å². The molecule has 45 heavy (non-hydrogen) atoms.